The minimum atomic E-state index is -3.82. The van der Waals surface area contributed by atoms with Crippen LogP contribution in [0.4, 0.5) is 4.79 Å². The van der Waals surface area contributed by atoms with Gasteiger partial charge in [-0.25, -0.2) is 13.2 Å². The molecule has 3 amide bonds. The number of carbonyl (C=O) groups is 2. The molecular weight excluding hydrogens is 813 g/mol. The molecule has 2 aliphatic rings. The van der Waals surface area contributed by atoms with Gasteiger partial charge in [-0.1, -0.05) is 59.1 Å². The third-order valence-electron chi connectivity index (χ3n) is 10.7. The Kier molecular flexibility index (Phi) is 15.0. The lowest BCUT2D eigenvalue weighted by Gasteiger charge is -2.47. The molecule has 2 atom stereocenters. The summed E-state index contributed by atoms with van der Waals surface area (Å²) in [6.07, 6.45) is 1.08. The summed E-state index contributed by atoms with van der Waals surface area (Å²) in [5.41, 5.74) is -0.604. The Morgan fingerprint density at radius 3 is 1.86 bits per heavy atom. The van der Waals surface area contributed by atoms with E-state index in [0.717, 1.165) is 17.4 Å². The highest BCUT2D eigenvalue weighted by atomic mass is 35.5. The first-order valence-electron chi connectivity index (χ1n) is 19.1. The molecular formula is C41H52Cl3N5O7S. The van der Waals surface area contributed by atoms with E-state index in [-0.39, 0.29) is 52.2 Å². The van der Waals surface area contributed by atoms with Crippen LogP contribution in [0, 0.1) is 0 Å². The Labute approximate surface area is 351 Å². The SMILES string of the molecule is CCOCCN(CCOCC)C(=O)CN1CCN(C(=O)N2C(c3cc(S(C)(=O)=O)c(Cl)cc3OCC)=N[C@@](C)(c3ccc(Cl)cc3)[C@@]2(C)c2ccc(Cl)cc2)CC1. The normalized spacial score (nSPS) is 20.1. The second kappa shape index (κ2) is 19.1. The van der Waals surface area contributed by atoms with Crippen LogP contribution in [0.15, 0.2) is 70.6 Å². The number of nitrogens with zero attached hydrogens (tertiary/aromatic N) is 5. The number of carbonyl (C=O) groups excluding carboxylic acids is 2. The summed E-state index contributed by atoms with van der Waals surface area (Å²) in [7, 11) is -3.82. The van der Waals surface area contributed by atoms with Crippen molar-refractivity contribution in [1.29, 1.82) is 0 Å². The van der Waals surface area contributed by atoms with Gasteiger partial charge in [0.1, 0.15) is 22.7 Å². The number of hydrogen-bond acceptors (Lipinski definition) is 9. The van der Waals surface area contributed by atoms with Crippen molar-refractivity contribution in [3.8, 4) is 5.75 Å². The van der Waals surface area contributed by atoms with Crippen LogP contribution < -0.4 is 4.74 Å². The van der Waals surface area contributed by atoms with E-state index in [0.29, 0.717) is 75.7 Å². The molecule has 16 heteroatoms. The molecule has 0 N–H and O–H groups in total. The highest BCUT2D eigenvalue weighted by Crippen LogP contribution is 2.54. The van der Waals surface area contributed by atoms with Crippen molar-refractivity contribution in [2.24, 2.45) is 4.99 Å². The molecule has 3 aromatic carbocycles. The number of rotatable bonds is 16. The first kappa shape index (κ1) is 44.7. The Morgan fingerprint density at radius 2 is 1.35 bits per heavy atom. The third-order valence-corrected chi connectivity index (χ3v) is 12.8. The van der Waals surface area contributed by atoms with Crippen molar-refractivity contribution in [3.05, 3.63) is 92.4 Å². The zero-order chi connectivity index (χ0) is 41.5. The molecule has 310 valence electrons. The maximum Gasteiger partial charge on any atom is 0.326 e. The van der Waals surface area contributed by atoms with E-state index >= 15 is 4.79 Å². The van der Waals surface area contributed by atoms with Gasteiger partial charge in [-0.05, 0) is 76.1 Å². The maximum absolute atomic E-state index is 15.4. The lowest BCUT2D eigenvalue weighted by molar-refractivity contribution is -0.134. The van der Waals surface area contributed by atoms with Crippen LogP contribution in [0.5, 0.6) is 5.75 Å². The summed E-state index contributed by atoms with van der Waals surface area (Å²) < 4.78 is 43.3. The number of sulfone groups is 1. The average Bonchev–Trinajstić information content (AvgIpc) is 3.41. The Hall–Kier alpha value is -3.43. The van der Waals surface area contributed by atoms with Crippen LogP contribution in [0.2, 0.25) is 15.1 Å². The highest BCUT2D eigenvalue weighted by Gasteiger charge is 2.60. The van der Waals surface area contributed by atoms with Gasteiger partial charge in [-0.2, -0.15) is 0 Å². The van der Waals surface area contributed by atoms with E-state index < -0.39 is 20.9 Å². The van der Waals surface area contributed by atoms with E-state index in [1.54, 1.807) is 45.9 Å². The van der Waals surface area contributed by atoms with Gasteiger partial charge in [0, 0.05) is 74.8 Å². The van der Waals surface area contributed by atoms with Crippen molar-refractivity contribution in [3.63, 3.8) is 0 Å². The Balaban J connectivity index is 1.58. The zero-order valence-electron chi connectivity index (χ0n) is 33.4. The van der Waals surface area contributed by atoms with Crippen LogP contribution in [-0.2, 0) is 35.2 Å². The summed E-state index contributed by atoms with van der Waals surface area (Å²) in [4.78, 5) is 41.3. The van der Waals surface area contributed by atoms with Crippen LogP contribution in [0.25, 0.3) is 0 Å². The minimum Gasteiger partial charge on any atom is -0.493 e. The smallest absolute Gasteiger partial charge is 0.326 e. The minimum absolute atomic E-state index is 0.0119. The number of urea groups is 1. The molecule has 0 bridgehead atoms. The van der Waals surface area contributed by atoms with E-state index in [9.17, 15) is 13.2 Å². The van der Waals surface area contributed by atoms with Gasteiger partial charge in [0.25, 0.3) is 0 Å². The standard InChI is InChI=1S/C41H52Cl3N5O7S/c1-7-54-24-22-47(23-25-55-8-2)37(50)28-46-18-20-48(21-19-46)39(51)49-38(33-26-36(57(6,52)53)34(44)27-35(33)56-9-3)45-40(4,29-10-14-31(42)15-11-29)41(49,5)30-12-16-32(43)17-13-30/h10-17,26-27H,7-9,18-25,28H2,1-6H3/t40-,41+/m0/s1. The number of amides is 3. The summed E-state index contributed by atoms with van der Waals surface area (Å²) in [6, 6.07) is 17.1. The second-order valence-corrected chi connectivity index (χ2v) is 17.5. The molecule has 0 radical (unpaired) electrons. The lowest BCUT2D eigenvalue weighted by atomic mass is 9.71. The molecule has 2 heterocycles. The predicted molar refractivity (Wildman–Crippen MR) is 225 cm³/mol. The molecule has 1 saturated heterocycles. The van der Waals surface area contributed by atoms with Gasteiger partial charge < -0.3 is 24.0 Å². The molecule has 0 aliphatic carbocycles. The van der Waals surface area contributed by atoms with E-state index in [1.807, 2.05) is 56.9 Å². The van der Waals surface area contributed by atoms with Gasteiger partial charge in [0.2, 0.25) is 5.91 Å². The van der Waals surface area contributed by atoms with Crippen LogP contribution in [0.3, 0.4) is 0 Å². The number of amidine groups is 1. The molecule has 57 heavy (non-hydrogen) atoms. The Bertz CT molecular complexity index is 2020. The summed E-state index contributed by atoms with van der Waals surface area (Å²) >= 11 is 19.3. The number of ether oxygens (including phenoxy) is 3. The van der Waals surface area contributed by atoms with Crippen molar-refractivity contribution in [2.75, 3.05) is 85.1 Å². The van der Waals surface area contributed by atoms with E-state index in [1.165, 1.54) is 12.1 Å². The first-order chi connectivity index (χ1) is 27.1. The molecule has 0 saturated carbocycles. The number of aliphatic imine (C=N–C) groups is 1. The van der Waals surface area contributed by atoms with E-state index in [4.69, 9.17) is 54.0 Å². The molecule has 12 nitrogen and oxygen atoms in total. The monoisotopic (exact) mass is 863 g/mol. The van der Waals surface area contributed by atoms with Crippen LogP contribution >= 0.6 is 34.8 Å². The maximum atomic E-state index is 15.4. The van der Waals surface area contributed by atoms with Gasteiger partial charge in [-0.15, -0.1) is 0 Å². The molecule has 1 fully saturated rings. The number of piperazine rings is 1. The fraction of sp³-hybridized carbons (Fsp3) is 0.488. The summed E-state index contributed by atoms with van der Waals surface area (Å²) in [6.45, 7) is 14.4. The molecule has 0 spiro atoms. The van der Waals surface area contributed by atoms with Gasteiger partial charge >= 0.3 is 6.03 Å². The molecule has 2 aliphatic heterocycles. The predicted octanol–water partition coefficient (Wildman–Crippen LogP) is 6.98. The summed E-state index contributed by atoms with van der Waals surface area (Å²) in [5, 5.41) is 1.03. The van der Waals surface area contributed by atoms with Crippen LogP contribution in [-0.4, -0.2) is 131 Å². The van der Waals surface area contributed by atoms with Gasteiger partial charge in [0.15, 0.2) is 9.84 Å². The van der Waals surface area contributed by atoms with Crippen molar-refractivity contribution in [1.82, 2.24) is 19.6 Å². The third kappa shape index (κ3) is 9.73. The topological polar surface area (TPSA) is 121 Å². The second-order valence-electron chi connectivity index (χ2n) is 14.2. The molecule has 0 aromatic heterocycles. The van der Waals surface area contributed by atoms with Crippen LogP contribution in [0.1, 0.15) is 51.3 Å². The van der Waals surface area contributed by atoms with Crippen molar-refractivity contribution < 1.29 is 32.2 Å². The fourth-order valence-corrected chi connectivity index (χ4v) is 8.94. The quantitative estimate of drug-likeness (QED) is 0.142. The largest absolute Gasteiger partial charge is 0.493 e. The van der Waals surface area contributed by atoms with Gasteiger partial charge in [0.05, 0.1) is 41.8 Å². The lowest BCUT2D eigenvalue weighted by Crippen LogP contribution is -2.61. The van der Waals surface area contributed by atoms with E-state index in [2.05, 4.69) is 0 Å². The van der Waals surface area contributed by atoms with Crippen molar-refractivity contribution >= 4 is 62.4 Å². The Morgan fingerprint density at radius 1 is 0.807 bits per heavy atom. The number of hydrogen-bond donors (Lipinski definition) is 0. The summed E-state index contributed by atoms with van der Waals surface area (Å²) in [5.74, 6) is 0.439. The number of benzene rings is 3. The van der Waals surface area contributed by atoms with Crippen molar-refractivity contribution in [2.45, 2.75) is 50.6 Å². The molecule has 0 unspecified atom stereocenters. The fourth-order valence-electron chi connectivity index (χ4n) is 7.37. The number of halogens is 3. The zero-order valence-corrected chi connectivity index (χ0v) is 36.5. The van der Waals surface area contributed by atoms with Gasteiger partial charge in [-0.3, -0.25) is 19.6 Å². The molecule has 3 aromatic rings. The molecule has 5 rings (SSSR count). The average molecular weight is 865 g/mol. The highest BCUT2D eigenvalue weighted by molar-refractivity contribution is 7.90. The first-order valence-corrected chi connectivity index (χ1v) is 22.1.